The lowest BCUT2D eigenvalue weighted by Crippen LogP contribution is -2.31. The Hall–Kier alpha value is -1.96. The van der Waals surface area contributed by atoms with Crippen molar-refractivity contribution in [1.29, 1.82) is 0 Å². The first-order chi connectivity index (χ1) is 12.8. The van der Waals surface area contributed by atoms with Crippen LogP contribution in [0.25, 0.3) is 0 Å². The summed E-state index contributed by atoms with van der Waals surface area (Å²) in [5.41, 5.74) is 0.683. The van der Waals surface area contributed by atoms with Crippen molar-refractivity contribution in [3.8, 4) is 0 Å². The predicted molar refractivity (Wildman–Crippen MR) is 105 cm³/mol. The molecule has 0 radical (unpaired) electrons. The third-order valence-electron chi connectivity index (χ3n) is 3.82. The highest BCUT2D eigenvalue weighted by Crippen LogP contribution is 2.33. The van der Waals surface area contributed by atoms with Gasteiger partial charge in [-0.15, -0.1) is 0 Å². The van der Waals surface area contributed by atoms with Crippen molar-refractivity contribution in [2.24, 2.45) is 0 Å². The van der Waals surface area contributed by atoms with Gasteiger partial charge in [-0.25, -0.2) is 17.2 Å². The standard InChI is InChI=1S/C19H13BrClF2NO2S/c20-14-3-8-17(9-4-14)27(25,26)24(12-13-1-5-15(22)6-2-13)19-10-7-16(23)11-18(19)21/h1-11H,12H2. The van der Waals surface area contributed by atoms with E-state index >= 15 is 0 Å². The van der Waals surface area contributed by atoms with Crippen molar-refractivity contribution < 1.29 is 17.2 Å². The Kier molecular flexibility index (Phi) is 5.83. The van der Waals surface area contributed by atoms with Crippen molar-refractivity contribution in [2.75, 3.05) is 4.31 Å². The van der Waals surface area contributed by atoms with Gasteiger partial charge < -0.3 is 0 Å². The third kappa shape index (κ3) is 4.48. The summed E-state index contributed by atoms with van der Waals surface area (Å²) in [5.74, 6) is -1.01. The van der Waals surface area contributed by atoms with Crippen LogP contribution >= 0.6 is 27.5 Å². The molecule has 3 aromatic carbocycles. The van der Waals surface area contributed by atoms with Crippen molar-refractivity contribution >= 4 is 43.2 Å². The Balaban J connectivity index is 2.11. The molecule has 0 aliphatic rings. The van der Waals surface area contributed by atoms with Crippen LogP contribution in [0.2, 0.25) is 5.02 Å². The van der Waals surface area contributed by atoms with E-state index in [-0.39, 0.29) is 22.2 Å². The molecule has 140 valence electrons. The van der Waals surface area contributed by atoms with E-state index in [0.29, 0.717) is 5.56 Å². The molecule has 0 unspecified atom stereocenters. The van der Waals surface area contributed by atoms with E-state index in [0.717, 1.165) is 20.9 Å². The molecule has 0 spiro atoms. The normalized spacial score (nSPS) is 11.4. The zero-order chi connectivity index (χ0) is 19.6. The fourth-order valence-electron chi connectivity index (χ4n) is 2.47. The second-order valence-corrected chi connectivity index (χ2v) is 8.87. The smallest absolute Gasteiger partial charge is 0.260 e. The molecule has 0 bridgehead atoms. The molecule has 0 atom stereocenters. The van der Waals surface area contributed by atoms with E-state index in [4.69, 9.17) is 11.6 Å². The molecule has 27 heavy (non-hydrogen) atoms. The SMILES string of the molecule is O=S(=O)(c1ccc(Br)cc1)N(Cc1ccc(F)cc1)c1ccc(F)cc1Cl. The van der Waals surface area contributed by atoms with Crippen LogP contribution in [-0.2, 0) is 16.6 Å². The number of benzene rings is 3. The van der Waals surface area contributed by atoms with Gasteiger partial charge in [-0.1, -0.05) is 39.7 Å². The molecule has 0 aromatic heterocycles. The lowest BCUT2D eigenvalue weighted by atomic mass is 10.2. The number of sulfonamides is 1. The first kappa shape index (κ1) is 19.8. The molecule has 3 aromatic rings. The maximum Gasteiger partial charge on any atom is 0.264 e. The molecule has 3 nitrogen and oxygen atoms in total. The van der Waals surface area contributed by atoms with E-state index in [9.17, 15) is 17.2 Å². The summed E-state index contributed by atoms with van der Waals surface area (Å²) in [5, 5.41) is -0.0437. The molecule has 0 aliphatic carbocycles. The molecule has 0 fully saturated rings. The average molecular weight is 473 g/mol. The molecule has 0 saturated carbocycles. The second kappa shape index (κ2) is 7.96. The fraction of sp³-hybridized carbons (Fsp3) is 0.0526. The number of anilines is 1. The fourth-order valence-corrected chi connectivity index (χ4v) is 4.53. The zero-order valence-electron chi connectivity index (χ0n) is 13.7. The van der Waals surface area contributed by atoms with Gasteiger partial charge in [-0.05, 0) is 60.2 Å². The van der Waals surface area contributed by atoms with Crippen LogP contribution in [0.5, 0.6) is 0 Å². The maximum atomic E-state index is 13.4. The van der Waals surface area contributed by atoms with Crippen LogP contribution in [0.1, 0.15) is 5.56 Å². The summed E-state index contributed by atoms with van der Waals surface area (Å²) >= 11 is 9.39. The minimum atomic E-state index is -4.00. The Labute approximate surface area is 169 Å². The predicted octanol–water partition coefficient (Wildman–Crippen LogP) is 5.78. The summed E-state index contributed by atoms with van der Waals surface area (Å²) in [7, 11) is -4.00. The zero-order valence-corrected chi connectivity index (χ0v) is 16.9. The molecule has 3 rings (SSSR count). The van der Waals surface area contributed by atoms with E-state index in [1.54, 1.807) is 12.1 Å². The van der Waals surface area contributed by atoms with Crippen molar-refractivity contribution in [2.45, 2.75) is 11.4 Å². The molecule has 0 amide bonds. The van der Waals surface area contributed by atoms with Crippen molar-refractivity contribution in [1.82, 2.24) is 0 Å². The number of halogens is 4. The monoisotopic (exact) mass is 471 g/mol. The summed E-state index contributed by atoms with van der Waals surface area (Å²) in [6.45, 7) is -0.0932. The summed E-state index contributed by atoms with van der Waals surface area (Å²) < 4.78 is 54.9. The van der Waals surface area contributed by atoms with Gasteiger partial charge in [0.1, 0.15) is 11.6 Å². The average Bonchev–Trinajstić information content (AvgIpc) is 2.62. The van der Waals surface area contributed by atoms with Crippen LogP contribution in [0, 0.1) is 11.6 Å². The molecular weight excluding hydrogens is 460 g/mol. The molecule has 8 heteroatoms. The van der Waals surface area contributed by atoms with Crippen LogP contribution in [0.3, 0.4) is 0 Å². The van der Waals surface area contributed by atoms with E-state index in [1.165, 1.54) is 42.5 Å². The maximum absolute atomic E-state index is 13.4. The Bertz CT molecular complexity index is 1060. The minimum Gasteiger partial charge on any atom is -0.260 e. The quantitative estimate of drug-likeness (QED) is 0.472. The summed E-state index contributed by atoms with van der Waals surface area (Å²) in [6.07, 6.45) is 0. The van der Waals surface area contributed by atoms with Crippen LogP contribution in [0.4, 0.5) is 14.5 Å². The third-order valence-corrected chi connectivity index (χ3v) is 6.42. The first-order valence-corrected chi connectivity index (χ1v) is 10.4. The topological polar surface area (TPSA) is 37.4 Å². The largest absolute Gasteiger partial charge is 0.264 e. The van der Waals surface area contributed by atoms with Gasteiger partial charge in [0.05, 0.1) is 22.2 Å². The van der Waals surface area contributed by atoms with Gasteiger partial charge in [-0.2, -0.15) is 0 Å². The van der Waals surface area contributed by atoms with Crippen molar-refractivity contribution in [3.05, 3.63) is 93.4 Å². The van der Waals surface area contributed by atoms with E-state index in [2.05, 4.69) is 15.9 Å². The Morgan fingerprint density at radius 2 is 1.48 bits per heavy atom. The first-order valence-electron chi connectivity index (χ1n) is 7.75. The van der Waals surface area contributed by atoms with Crippen molar-refractivity contribution in [3.63, 3.8) is 0 Å². The lowest BCUT2D eigenvalue weighted by molar-refractivity contribution is 0.590. The number of nitrogens with zero attached hydrogens (tertiary/aromatic N) is 1. The Morgan fingerprint density at radius 1 is 0.889 bits per heavy atom. The number of rotatable bonds is 5. The second-order valence-electron chi connectivity index (χ2n) is 5.69. The lowest BCUT2D eigenvalue weighted by Gasteiger charge is -2.25. The highest BCUT2D eigenvalue weighted by Gasteiger charge is 2.27. The van der Waals surface area contributed by atoms with E-state index in [1.807, 2.05) is 0 Å². The van der Waals surface area contributed by atoms with Crippen LogP contribution < -0.4 is 4.31 Å². The highest BCUT2D eigenvalue weighted by atomic mass is 79.9. The van der Waals surface area contributed by atoms with Gasteiger partial charge in [0, 0.05) is 4.47 Å². The molecule has 0 saturated heterocycles. The number of hydrogen-bond donors (Lipinski definition) is 0. The van der Waals surface area contributed by atoms with Gasteiger partial charge in [0.2, 0.25) is 0 Å². The summed E-state index contributed by atoms with van der Waals surface area (Å²) in [6, 6.07) is 15.1. The van der Waals surface area contributed by atoms with Gasteiger partial charge in [0.15, 0.2) is 0 Å². The molecular formula is C19H13BrClF2NO2S. The molecule has 0 N–H and O–H groups in total. The van der Waals surface area contributed by atoms with Gasteiger partial charge in [0.25, 0.3) is 10.0 Å². The highest BCUT2D eigenvalue weighted by molar-refractivity contribution is 9.10. The van der Waals surface area contributed by atoms with Crippen LogP contribution in [0.15, 0.2) is 76.1 Å². The number of hydrogen-bond acceptors (Lipinski definition) is 2. The molecule has 0 aliphatic heterocycles. The van der Waals surface area contributed by atoms with Crippen LogP contribution in [-0.4, -0.2) is 8.42 Å². The Morgan fingerprint density at radius 3 is 2.07 bits per heavy atom. The van der Waals surface area contributed by atoms with Gasteiger partial charge in [-0.3, -0.25) is 4.31 Å². The minimum absolute atomic E-state index is 0.0437. The van der Waals surface area contributed by atoms with Gasteiger partial charge >= 0.3 is 0 Å². The van der Waals surface area contributed by atoms with E-state index < -0.39 is 21.7 Å². The summed E-state index contributed by atoms with van der Waals surface area (Å²) in [4.78, 5) is 0.0493. The molecule has 0 heterocycles.